The quantitative estimate of drug-likeness (QED) is 0.745. The number of nitrogens with zero attached hydrogens (tertiary/aromatic N) is 2. The van der Waals surface area contributed by atoms with Crippen LogP contribution in [-0.2, 0) is 12.2 Å². The highest BCUT2D eigenvalue weighted by molar-refractivity contribution is 7.97. The van der Waals surface area contributed by atoms with Gasteiger partial charge in [-0.05, 0) is 32.1 Å². The minimum Gasteiger partial charge on any atom is -0.270 e. The first-order valence-corrected chi connectivity index (χ1v) is 6.64. The van der Waals surface area contributed by atoms with E-state index in [1.54, 1.807) is 0 Å². The summed E-state index contributed by atoms with van der Waals surface area (Å²) in [6.07, 6.45) is 6.69. The lowest BCUT2D eigenvalue weighted by atomic mass is 10.1. The molecule has 0 aliphatic carbocycles. The summed E-state index contributed by atoms with van der Waals surface area (Å²) < 4.78 is 2.08. The molecule has 0 N–H and O–H groups in total. The van der Waals surface area contributed by atoms with Crippen molar-refractivity contribution in [1.82, 2.24) is 9.78 Å². The van der Waals surface area contributed by atoms with Gasteiger partial charge in [0.1, 0.15) is 0 Å². The Bertz CT molecular complexity index is 255. The van der Waals surface area contributed by atoms with Crippen LogP contribution < -0.4 is 0 Å². The van der Waals surface area contributed by atoms with Gasteiger partial charge in [0.15, 0.2) is 0 Å². The van der Waals surface area contributed by atoms with Crippen molar-refractivity contribution in [2.75, 3.05) is 6.26 Å². The standard InChI is InChI=1S/C11H20N2S/c1-5-6-10-7-13(9(2)3)12-11(10)8-14-4/h7,9H,5-6,8H2,1-4H3. The molecule has 3 heteroatoms. The molecule has 0 spiro atoms. The zero-order valence-corrected chi connectivity index (χ0v) is 10.4. The largest absolute Gasteiger partial charge is 0.270 e. The third kappa shape index (κ3) is 2.77. The van der Waals surface area contributed by atoms with E-state index in [1.807, 2.05) is 11.8 Å². The molecule has 0 saturated heterocycles. The molecule has 0 fully saturated rings. The van der Waals surface area contributed by atoms with Crippen LogP contribution in [-0.4, -0.2) is 16.0 Å². The Hall–Kier alpha value is -0.440. The lowest BCUT2D eigenvalue weighted by Crippen LogP contribution is -2.01. The number of hydrogen-bond acceptors (Lipinski definition) is 2. The molecule has 0 aromatic carbocycles. The molecule has 0 unspecified atom stereocenters. The van der Waals surface area contributed by atoms with Crippen LogP contribution in [0.2, 0.25) is 0 Å². The number of rotatable bonds is 5. The summed E-state index contributed by atoms with van der Waals surface area (Å²) in [6.45, 7) is 6.56. The van der Waals surface area contributed by atoms with Crippen LogP contribution in [0, 0.1) is 0 Å². The van der Waals surface area contributed by atoms with Gasteiger partial charge in [-0.25, -0.2) is 0 Å². The predicted octanol–water partition coefficient (Wildman–Crippen LogP) is 3.28. The summed E-state index contributed by atoms with van der Waals surface area (Å²) in [7, 11) is 0. The molecular weight excluding hydrogens is 192 g/mol. The average molecular weight is 212 g/mol. The second kappa shape index (κ2) is 5.44. The van der Waals surface area contributed by atoms with Crippen LogP contribution in [0.4, 0.5) is 0 Å². The summed E-state index contributed by atoms with van der Waals surface area (Å²) in [5.74, 6) is 1.04. The number of aryl methyl sites for hydroxylation is 1. The molecule has 14 heavy (non-hydrogen) atoms. The lowest BCUT2D eigenvalue weighted by molar-refractivity contribution is 0.528. The molecule has 1 heterocycles. The monoisotopic (exact) mass is 212 g/mol. The van der Waals surface area contributed by atoms with Crippen LogP contribution >= 0.6 is 11.8 Å². The molecule has 0 amide bonds. The Morgan fingerprint density at radius 1 is 1.50 bits per heavy atom. The van der Waals surface area contributed by atoms with E-state index in [9.17, 15) is 0 Å². The molecule has 0 bridgehead atoms. The molecule has 0 aliphatic heterocycles. The van der Waals surface area contributed by atoms with Crippen molar-refractivity contribution in [2.24, 2.45) is 0 Å². The number of aromatic nitrogens is 2. The van der Waals surface area contributed by atoms with Gasteiger partial charge in [-0.2, -0.15) is 16.9 Å². The Morgan fingerprint density at radius 2 is 2.21 bits per heavy atom. The van der Waals surface area contributed by atoms with E-state index in [0.717, 1.165) is 12.2 Å². The van der Waals surface area contributed by atoms with Gasteiger partial charge in [0, 0.05) is 18.0 Å². The molecule has 0 radical (unpaired) electrons. The van der Waals surface area contributed by atoms with Crippen molar-refractivity contribution in [1.29, 1.82) is 0 Å². The highest BCUT2D eigenvalue weighted by Crippen LogP contribution is 2.17. The van der Waals surface area contributed by atoms with Crippen molar-refractivity contribution in [3.63, 3.8) is 0 Å². The van der Waals surface area contributed by atoms with Crippen LogP contribution in [0.5, 0.6) is 0 Å². The topological polar surface area (TPSA) is 17.8 Å². The molecule has 1 rings (SSSR count). The summed E-state index contributed by atoms with van der Waals surface area (Å²) in [5.41, 5.74) is 2.70. The van der Waals surface area contributed by atoms with Crippen LogP contribution in [0.3, 0.4) is 0 Å². The van der Waals surface area contributed by atoms with Gasteiger partial charge >= 0.3 is 0 Å². The summed E-state index contributed by atoms with van der Waals surface area (Å²) in [6, 6.07) is 0.473. The summed E-state index contributed by atoms with van der Waals surface area (Å²) in [5, 5.41) is 4.61. The molecule has 1 aromatic heterocycles. The highest BCUT2D eigenvalue weighted by atomic mass is 32.2. The first-order chi connectivity index (χ1) is 6.69. The minimum absolute atomic E-state index is 0.473. The zero-order valence-electron chi connectivity index (χ0n) is 9.58. The average Bonchev–Trinajstić information content (AvgIpc) is 2.50. The first kappa shape index (κ1) is 11.6. The van der Waals surface area contributed by atoms with Crippen molar-refractivity contribution in [3.05, 3.63) is 17.5 Å². The Kier molecular flexibility index (Phi) is 4.52. The van der Waals surface area contributed by atoms with Crippen molar-refractivity contribution in [3.8, 4) is 0 Å². The van der Waals surface area contributed by atoms with Gasteiger partial charge in [0.05, 0.1) is 5.69 Å². The first-order valence-electron chi connectivity index (χ1n) is 5.24. The molecular formula is C11H20N2S. The minimum atomic E-state index is 0.473. The molecule has 80 valence electrons. The van der Waals surface area contributed by atoms with Gasteiger partial charge in [-0.1, -0.05) is 13.3 Å². The Labute approximate surface area is 91.1 Å². The van der Waals surface area contributed by atoms with Gasteiger partial charge in [0.2, 0.25) is 0 Å². The highest BCUT2D eigenvalue weighted by Gasteiger charge is 2.08. The second-order valence-electron chi connectivity index (χ2n) is 3.86. The molecule has 2 nitrogen and oxygen atoms in total. The molecule has 0 aliphatic rings. The molecule has 1 aromatic rings. The Morgan fingerprint density at radius 3 is 2.71 bits per heavy atom. The van der Waals surface area contributed by atoms with Crippen LogP contribution in [0.1, 0.15) is 44.5 Å². The van der Waals surface area contributed by atoms with Gasteiger partial charge in [-0.3, -0.25) is 4.68 Å². The van der Waals surface area contributed by atoms with Crippen LogP contribution in [0.25, 0.3) is 0 Å². The van der Waals surface area contributed by atoms with Gasteiger partial charge in [-0.15, -0.1) is 0 Å². The summed E-state index contributed by atoms with van der Waals surface area (Å²) in [4.78, 5) is 0. The molecule has 0 atom stereocenters. The zero-order chi connectivity index (χ0) is 10.6. The van der Waals surface area contributed by atoms with E-state index in [0.29, 0.717) is 6.04 Å². The van der Waals surface area contributed by atoms with Gasteiger partial charge < -0.3 is 0 Å². The van der Waals surface area contributed by atoms with Gasteiger partial charge in [0.25, 0.3) is 0 Å². The van der Waals surface area contributed by atoms with E-state index in [2.05, 4.69) is 43.0 Å². The third-order valence-electron chi connectivity index (χ3n) is 2.22. The molecule has 0 saturated carbocycles. The SMILES string of the molecule is CCCc1cn(C(C)C)nc1CSC. The van der Waals surface area contributed by atoms with Crippen molar-refractivity contribution < 1.29 is 0 Å². The van der Waals surface area contributed by atoms with E-state index in [1.165, 1.54) is 17.7 Å². The fourth-order valence-corrected chi connectivity index (χ4v) is 1.98. The van der Waals surface area contributed by atoms with Crippen molar-refractivity contribution >= 4 is 11.8 Å². The normalized spacial score (nSPS) is 11.2. The fraction of sp³-hybridized carbons (Fsp3) is 0.727. The third-order valence-corrected chi connectivity index (χ3v) is 2.79. The van der Waals surface area contributed by atoms with E-state index in [-0.39, 0.29) is 0 Å². The maximum absolute atomic E-state index is 4.61. The lowest BCUT2D eigenvalue weighted by Gasteiger charge is -2.03. The van der Waals surface area contributed by atoms with E-state index < -0.39 is 0 Å². The smallest absolute Gasteiger partial charge is 0.0755 e. The van der Waals surface area contributed by atoms with E-state index in [4.69, 9.17) is 0 Å². The second-order valence-corrected chi connectivity index (χ2v) is 4.72. The van der Waals surface area contributed by atoms with Crippen molar-refractivity contribution in [2.45, 2.75) is 45.4 Å². The Balaban J connectivity index is 2.87. The fourth-order valence-electron chi connectivity index (χ4n) is 1.47. The van der Waals surface area contributed by atoms with E-state index >= 15 is 0 Å². The maximum Gasteiger partial charge on any atom is 0.0755 e. The number of hydrogen-bond donors (Lipinski definition) is 0. The maximum atomic E-state index is 4.61. The van der Waals surface area contributed by atoms with Crippen LogP contribution in [0.15, 0.2) is 6.20 Å². The number of thioether (sulfide) groups is 1. The summed E-state index contributed by atoms with van der Waals surface area (Å²) >= 11 is 1.84. The predicted molar refractivity (Wildman–Crippen MR) is 63.8 cm³/mol.